The van der Waals surface area contributed by atoms with Crippen LogP contribution in [0.4, 0.5) is 0 Å². The van der Waals surface area contributed by atoms with Gasteiger partial charge < -0.3 is 10.1 Å². The lowest BCUT2D eigenvalue weighted by molar-refractivity contribution is 0.167. The number of H-pyrrole nitrogens is 1. The zero-order chi connectivity index (χ0) is 24.6. The molecule has 2 N–H and O–H groups in total. The molecule has 0 aliphatic heterocycles. The number of hydrogen-bond acceptors (Lipinski definition) is 4. The molecule has 35 heavy (non-hydrogen) atoms. The standard InChI is InChI=1S/C28H29ClN2O3S/c1-35(33,34)24-12-10-21(11-13-24)20-6-8-22(9-7-20)28-25(29)16-27-26(31-28)15-23(30-27)14-18-2-4-19(17-32)5-3-18/h6-13,15-16,18-19,30,32H,2-5,14,17H2,1H3/t18-,19-. The number of nitrogens with one attached hydrogen (secondary N) is 1. The zero-order valence-electron chi connectivity index (χ0n) is 19.7. The Hall–Kier alpha value is -2.67. The largest absolute Gasteiger partial charge is 0.396 e. The minimum Gasteiger partial charge on any atom is -0.396 e. The molecule has 182 valence electrons. The molecule has 0 spiro atoms. The van der Waals surface area contributed by atoms with Gasteiger partial charge in [-0.1, -0.05) is 48.0 Å². The van der Waals surface area contributed by atoms with E-state index in [0.29, 0.717) is 28.4 Å². The second kappa shape index (κ2) is 9.76. The Morgan fingerprint density at radius 2 is 1.49 bits per heavy atom. The Labute approximate surface area is 211 Å². The quantitative estimate of drug-likeness (QED) is 0.320. The van der Waals surface area contributed by atoms with Crippen LogP contribution in [0.1, 0.15) is 31.4 Å². The lowest BCUT2D eigenvalue weighted by Crippen LogP contribution is -2.18. The summed E-state index contributed by atoms with van der Waals surface area (Å²) in [5.41, 5.74) is 6.64. The number of aromatic amines is 1. The van der Waals surface area contributed by atoms with E-state index in [1.165, 1.54) is 11.9 Å². The van der Waals surface area contributed by atoms with E-state index < -0.39 is 9.84 Å². The van der Waals surface area contributed by atoms with Crippen LogP contribution in [-0.2, 0) is 16.3 Å². The van der Waals surface area contributed by atoms with Gasteiger partial charge in [-0.05, 0) is 79.3 Å². The molecule has 4 aromatic rings. The molecular formula is C28H29ClN2O3S. The van der Waals surface area contributed by atoms with E-state index in [2.05, 4.69) is 11.1 Å². The van der Waals surface area contributed by atoms with Gasteiger partial charge in [-0.2, -0.15) is 0 Å². The van der Waals surface area contributed by atoms with Crippen LogP contribution in [0.15, 0.2) is 65.6 Å². The molecule has 2 heterocycles. The lowest BCUT2D eigenvalue weighted by Gasteiger charge is -2.26. The number of aromatic nitrogens is 2. The van der Waals surface area contributed by atoms with Crippen LogP contribution in [0.2, 0.25) is 5.02 Å². The third-order valence-corrected chi connectivity index (χ3v) is 8.54. The van der Waals surface area contributed by atoms with Gasteiger partial charge in [0.15, 0.2) is 9.84 Å². The number of sulfone groups is 1. The van der Waals surface area contributed by atoms with E-state index in [1.54, 1.807) is 12.1 Å². The monoisotopic (exact) mass is 508 g/mol. The van der Waals surface area contributed by atoms with Gasteiger partial charge in [0.05, 0.1) is 26.6 Å². The minimum atomic E-state index is -3.21. The third-order valence-electron chi connectivity index (χ3n) is 7.12. The molecule has 1 aliphatic rings. The Kier molecular flexibility index (Phi) is 6.71. The summed E-state index contributed by atoms with van der Waals surface area (Å²) < 4.78 is 23.4. The first-order valence-corrected chi connectivity index (χ1v) is 14.3. The fraction of sp³-hybridized carbons (Fsp3) is 0.321. The Balaban J connectivity index is 1.35. The van der Waals surface area contributed by atoms with Crippen LogP contribution in [0.3, 0.4) is 0 Å². The van der Waals surface area contributed by atoms with E-state index in [9.17, 15) is 13.5 Å². The maximum Gasteiger partial charge on any atom is 0.175 e. The summed E-state index contributed by atoms with van der Waals surface area (Å²) in [6.07, 6.45) is 6.73. The molecule has 5 rings (SSSR count). The number of aliphatic hydroxyl groups is 1. The van der Waals surface area contributed by atoms with E-state index in [0.717, 1.165) is 65.5 Å². The van der Waals surface area contributed by atoms with E-state index in [-0.39, 0.29) is 0 Å². The van der Waals surface area contributed by atoms with Crippen molar-refractivity contribution in [3.63, 3.8) is 0 Å². The maximum atomic E-state index is 11.7. The molecule has 0 radical (unpaired) electrons. The second-order valence-electron chi connectivity index (χ2n) is 9.69. The van der Waals surface area contributed by atoms with Gasteiger partial charge in [0.2, 0.25) is 0 Å². The Morgan fingerprint density at radius 1 is 0.914 bits per heavy atom. The predicted octanol–water partition coefficient (Wildman–Crippen LogP) is 6.30. The number of halogens is 1. The highest BCUT2D eigenvalue weighted by atomic mass is 35.5. The van der Waals surface area contributed by atoms with Gasteiger partial charge in [0, 0.05) is 24.1 Å². The molecule has 1 saturated carbocycles. The number of benzene rings is 2. The average molecular weight is 509 g/mol. The summed E-state index contributed by atoms with van der Waals surface area (Å²) in [7, 11) is -3.21. The van der Waals surface area contributed by atoms with Crippen molar-refractivity contribution < 1.29 is 13.5 Å². The summed E-state index contributed by atoms with van der Waals surface area (Å²) in [5.74, 6) is 1.11. The third kappa shape index (κ3) is 5.30. The first-order chi connectivity index (χ1) is 16.8. The maximum absolute atomic E-state index is 11.7. The van der Waals surface area contributed by atoms with Crippen molar-refractivity contribution in [2.24, 2.45) is 11.8 Å². The van der Waals surface area contributed by atoms with Crippen molar-refractivity contribution >= 4 is 32.5 Å². The van der Waals surface area contributed by atoms with Crippen LogP contribution < -0.4 is 0 Å². The summed E-state index contributed by atoms with van der Waals surface area (Å²) in [4.78, 5) is 8.67. The molecular weight excluding hydrogens is 480 g/mol. The summed E-state index contributed by atoms with van der Waals surface area (Å²) in [5, 5.41) is 9.97. The summed E-state index contributed by atoms with van der Waals surface area (Å²) in [6.45, 7) is 0.306. The highest BCUT2D eigenvalue weighted by Crippen LogP contribution is 2.34. The number of aliphatic hydroxyl groups excluding tert-OH is 1. The summed E-state index contributed by atoms with van der Waals surface area (Å²) >= 11 is 6.62. The van der Waals surface area contributed by atoms with E-state index >= 15 is 0 Å². The molecule has 0 amide bonds. The number of pyridine rings is 1. The predicted molar refractivity (Wildman–Crippen MR) is 141 cm³/mol. The van der Waals surface area contributed by atoms with Crippen molar-refractivity contribution in [1.82, 2.24) is 9.97 Å². The van der Waals surface area contributed by atoms with Crippen molar-refractivity contribution in [2.45, 2.75) is 37.0 Å². The van der Waals surface area contributed by atoms with E-state index in [4.69, 9.17) is 16.6 Å². The van der Waals surface area contributed by atoms with Crippen molar-refractivity contribution in [3.8, 4) is 22.4 Å². The number of fused-ring (bicyclic) bond motifs is 1. The second-order valence-corrected chi connectivity index (χ2v) is 12.1. The minimum absolute atomic E-state index is 0.306. The zero-order valence-corrected chi connectivity index (χ0v) is 21.2. The van der Waals surface area contributed by atoms with Crippen LogP contribution in [0.5, 0.6) is 0 Å². The fourth-order valence-electron chi connectivity index (χ4n) is 5.04. The molecule has 2 aromatic carbocycles. The number of nitrogens with zero attached hydrogens (tertiary/aromatic N) is 1. The molecule has 0 saturated heterocycles. The first kappa shape index (κ1) is 24.0. The fourth-order valence-corrected chi connectivity index (χ4v) is 5.93. The molecule has 0 atom stereocenters. The van der Waals surface area contributed by atoms with Crippen LogP contribution in [0.25, 0.3) is 33.4 Å². The van der Waals surface area contributed by atoms with Crippen LogP contribution >= 0.6 is 11.6 Å². The molecule has 0 unspecified atom stereocenters. The molecule has 0 bridgehead atoms. The van der Waals surface area contributed by atoms with E-state index in [1.807, 2.05) is 42.5 Å². The van der Waals surface area contributed by atoms with Gasteiger partial charge in [-0.3, -0.25) is 0 Å². The first-order valence-electron chi connectivity index (χ1n) is 12.0. The van der Waals surface area contributed by atoms with Crippen molar-refractivity contribution in [3.05, 3.63) is 71.4 Å². The van der Waals surface area contributed by atoms with Gasteiger partial charge in [-0.25, -0.2) is 13.4 Å². The van der Waals surface area contributed by atoms with Gasteiger partial charge in [-0.15, -0.1) is 0 Å². The molecule has 1 aliphatic carbocycles. The number of rotatable bonds is 6. The normalized spacial score (nSPS) is 18.7. The smallest absolute Gasteiger partial charge is 0.175 e. The lowest BCUT2D eigenvalue weighted by atomic mass is 9.80. The van der Waals surface area contributed by atoms with Crippen molar-refractivity contribution in [1.29, 1.82) is 0 Å². The van der Waals surface area contributed by atoms with Gasteiger partial charge in [0.1, 0.15) is 0 Å². The SMILES string of the molecule is CS(=O)(=O)c1ccc(-c2ccc(-c3nc4cc(C[C@H]5CC[C@H](CO)CC5)[nH]c4cc3Cl)cc2)cc1. The van der Waals surface area contributed by atoms with Crippen molar-refractivity contribution in [2.75, 3.05) is 12.9 Å². The topological polar surface area (TPSA) is 83.1 Å². The van der Waals surface area contributed by atoms with Gasteiger partial charge in [0.25, 0.3) is 0 Å². The highest BCUT2D eigenvalue weighted by molar-refractivity contribution is 7.90. The van der Waals surface area contributed by atoms with Crippen LogP contribution in [0, 0.1) is 11.8 Å². The van der Waals surface area contributed by atoms with Gasteiger partial charge >= 0.3 is 0 Å². The average Bonchev–Trinajstić information content (AvgIpc) is 3.24. The Morgan fingerprint density at radius 3 is 2.09 bits per heavy atom. The molecule has 5 nitrogen and oxygen atoms in total. The van der Waals surface area contributed by atoms with Crippen LogP contribution in [-0.4, -0.2) is 36.4 Å². The summed E-state index contributed by atoms with van der Waals surface area (Å²) in [6, 6.07) is 19.0. The molecule has 1 fully saturated rings. The number of hydrogen-bond donors (Lipinski definition) is 2. The Bertz CT molecular complexity index is 1440. The highest BCUT2D eigenvalue weighted by Gasteiger charge is 2.21. The molecule has 7 heteroatoms. The molecule has 2 aromatic heterocycles.